The summed E-state index contributed by atoms with van der Waals surface area (Å²) in [6.07, 6.45) is 1.03. The van der Waals surface area contributed by atoms with E-state index >= 15 is 0 Å². The molecular formula is C17H32N4O7. The molecule has 28 heavy (non-hydrogen) atoms. The number of aliphatic carboxylic acids is 3. The Bertz CT molecular complexity index is 506. The zero-order chi connectivity index (χ0) is 20.9. The summed E-state index contributed by atoms with van der Waals surface area (Å²) >= 11 is 0. The monoisotopic (exact) mass is 404 g/mol. The van der Waals surface area contributed by atoms with Crippen molar-refractivity contribution in [3.8, 4) is 0 Å². The van der Waals surface area contributed by atoms with Crippen molar-refractivity contribution in [2.75, 3.05) is 72.1 Å². The van der Waals surface area contributed by atoms with Crippen LogP contribution in [-0.2, 0) is 14.4 Å². The van der Waals surface area contributed by atoms with Gasteiger partial charge in [0, 0.05) is 58.5 Å². The molecule has 1 saturated heterocycles. The van der Waals surface area contributed by atoms with Gasteiger partial charge in [-0.15, -0.1) is 0 Å². The van der Waals surface area contributed by atoms with Crippen LogP contribution in [0.2, 0.25) is 0 Å². The summed E-state index contributed by atoms with van der Waals surface area (Å²) in [5.41, 5.74) is 0. The van der Waals surface area contributed by atoms with Crippen LogP contribution in [0.4, 0.5) is 0 Å². The topological polar surface area (TPSA) is 154 Å². The Morgan fingerprint density at radius 1 is 0.821 bits per heavy atom. The molecule has 0 amide bonds. The Kier molecular flexibility index (Phi) is 11.6. The van der Waals surface area contributed by atoms with Gasteiger partial charge in [-0.25, -0.2) is 0 Å². The lowest BCUT2D eigenvalue weighted by molar-refractivity contribution is -0.141. The highest BCUT2D eigenvalue weighted by molar-refractivity contribution is 5.70. The first-order valence-corrected chi connectivity index (χ1v) is 9.47. The number of hydrogen-bond donors (Lipinski definition) is 5. The van der Waals surface area contributed by atoms with Crippen LogP contribution in [-0.4, -0.2) is 131 Å². The molecule has 1 unspecified atom stereocenters. The van der Waals surface area contributed by atoms with Crippen LogP contribution in [0.5, 0.6) is 0 Å². The first kappa shape index (κ1) is 24.2. The summed E-state index contributed by atoms with van der Waals surface area (Å²) in [5, 5.41) is 39.9. The minimum atomic E-state index is -0.996. The number of nitrogens with zero attached hydrogens (tertiary/aromatic N) is 3. The molecule has 11 nitrogen and oxygen atoms in total. The van der Waals surface area contributed by atoms with Gasteiger partial charge in [-0.1, -0.05) is 0 Å². The van der Waals surface area contributed by atoms with E-state index in [0.29, 0.717) is 58.7 Å². The molecule has 0 aromatic carbocycles. The Hall–Kier alpha value is -1.79. The zero-order valence-electron chi connectivity index (χ0n) is 16.1. The molecular weight excluding hydrogens is 372 g/mol. The maximum absolute atomic E-state index is 11.3. The van der Waals surface area contributed by atoms with Crippen molar-refractivity contribution >= 4 is 17.9 Å². The highest BCUT2D eigenvalue weighted by Crippen LogP contribution is 2.10. The molecule has 1 rings (SSSR count). The fourth-order valence-electron chi connectivity index (χ4n) is 3.33. The molecule has 0 aliphatic carbocycles. The van der Waals surface area contributed by atoms with Crippen molar-refractivity contribution < 1.29 is 34.8 Å². The third kappa shape index (κ3) is 10.5. The second-order valence-corrected chi connectivity index (χ2v) is 6.93. The minimum absolute atomic E-state index is 0.0268. The Morgan fingerprint density at radius 3 is 2.00 bits per heavy atom. The van der Waals surface area contributed by atoms with E-state index in [1.807, 2.05) is 0 Å². The zero-order valence-corrected chi connectivity index (χ0v) is 16.1. The van der Waals surface area contributed by atoms with Crippen molar-refractivity contribution in [1.29, 1.82) is 0 Å². The molecule has 0 bridgehead atoms. The third-order valence-corrected chi connectivity index (χ3v) is 4.65. The average molecular weight is 404 g/mol. The number of hydrogen-bond acceptors (Lipinski definition) is 8. The molecule has 0 radical (unpaired) electrons. The molecule has 5 N–H and O–H groups in total. The van der Waals surface area contributed by atoms with Crippen molar-refractivity contribution in [2.24, 2.45) is 0 Å². The molecule has 0 spiro atoms. The fourth-order valence-corrected chi connectivity index (χ4v) is 3.33. The van der Waals surface area contributed by atoms with Crippen molar-refractivity contribution in [3.63, 3.8) is 0 Å². The van der Waals surface area contributed by atoms with Gasteiger partial charge in [0.2, 0.25) is 0 Å². The van der Waals surface area contributed by atoms with Crippen LogP contribution in [0.25, 0.3) is 0 Å². The number of carboxylic acids is 3. The predicted octanol–water partition coefficient (Wildman–Crippen LogP) is -2.11. The second kappa shape index (κ2) is 13.4. The van der Waals surface area contributed by atoms with Gasteiger partial charge >= 0.3 is 17.9 Å². The van der Waals surface area contributed by atoms with Crippen molar-refractivity contribution in [3.05, 3.63) is 0 Å². The van der Waals surface area contributed by atoms with Crippen LogP contribution < -0.4 is 5.32 Å². The molecule has 1 aliphatic heterocycles. The van der Waals surface area contributed by atoms with E-state index < -0.39 is 17.9 Å². The number of nitrogens with one attached hydrogen (secondary N) is 1. The Morgan fingerprint density at radius 2 is 1.39 bits per heavy atom. The van der Waals surface area contributed by atoms with Gasteiger partial charge in [-0.3, -0.25) is 29.1 Å². The van der Waals surface area contributed by atoms with Gasteiger partial charge in [0.15, 0.2) is 0 Å². The predicted molar refractivity (Wildman–Crippen MR) is 100 cm³/mol. The smallest absolute Gasteiger partial charge is 0.317 e. The number of aliphatic hydroxyl groups is 1. The van der Waals surface area contributed by atoms with E-state index in [4.69, 9.17) is 5.11 Å². The lowest BCUT2D eigenvalue weighted by Crippen LogP contribution is -2.52. The number of carboxylic acid groups (broad SMARTS) is 3. The third-order valence-electron chi connectivity index (χ3n) is 4.65. The Balaban J connectivity index is 2.96. The van der Waals surface area contributed by atoms with Gasteiger partial charge in [-0.2, -0.15) is 0 Å². The molecule has 0 aromatic rings. The van der Waals surface area contributed by atoms with E-state index in [2.05, 4.69) is 5.32 Å². The number of carbonyl (C=O) groups is 3. The van der Waals surface area contributed by atoms with Gasteiger partial charge in [0.1, 0.15) is 0 Å². The quantitative estimate of drug-likeness (QED) is 0.287. The molecule has 1 heterocycles. The van der Waals surface area contributed by atoms with E-state index in [-0.39, 0.29) is 32.3 Å². The highest BCUT2D eigenvalue weighted by atomic mass is 16.4. The van der Waals surface area contributed by atoms with Gasteiger partial charge in [0.25, 0.3) is 0 Å². The summed E-state index contributed by atoms with van der Waals surface area (Å²) in [6, 6.07) is -0.225. The first-order valence-electron chi connectivity index (χ1n) is 9.47. The van der Waals surface area contributed by atoms with Gasteiger partial charge in [0.05, 0.1) is 19.6 Å². The van der Waals surface area contributed by atoms with Crippen LogP contribution in [0.3, 0.4) is 0 Å². The number of rotatable bonds is 9. The fraction of sp³-hybridized carbons (Fsp3) is 0.824. The molecule has 162 valence electrons. The lowest BCUT2D eigenvalue weighted by atomic mass is 10.1. The van der Waals surface area contributed by atoms with Crippen LogP contribution in [0, 0.1) is 0 Å². The summed E-state index contributed by atoms with van der Waals surface area (Å²) in [4.78, 5) is 38.9. The average Bonchev–Trinajstić information content (AvgIpc) is 2.59. The highest BCUT2D eigenvalue weighted by Gasteiger charge is 2.25. The molecule has 11 heteroatoms. The maximum Gasteiger partial charge on any atom is 0.317 e. The van der Waals surface area contributed by atoms with Crippen molar-refractivity contribution in [2.45, 2.75) is 18.9 Å². The largest absolute Gasteiger partial charge is 0.480 e. The van der Waals surface area contributed by atoms with Crippen LogP contribution in [0.1, 0.15) is 12.8 Å². The maximum atomic E-state index is 11.3. The van der Waals surface area contributed by atoms with Gasteiger partial charge < -0.3 is 25.7 Å². The van der Waals surface area contributed by atoms with Crippen LogP contribution in [0.15, 0.2) is 0 Å². The molecule has 0 saturated carbocycles. The van der Waals surface area contributed by atoms with Gasteiger partial charge in [-0.05, 0) is 12.8 Å². The summed E-state index contributed by atoms with van der Waals surface area (Å²) in [5.74, 6) is -2.90. The van der Waals surface area contributed by atoms with E-state index in [0.717, 1.165) is 0 Å². The Labute approximate surface area is 164 Å². The molecule has 1 fully saturated rings. The summed E-state index contributed by atoms with van der Waals surface area (Å²) in [6.45, 7) is 2.60. The SMILES string of the molecule is O=C(O)CN1CCNCCN(CC(=O)O)C(CCCO)CN(CC(=O)O)CC1. The molecule has 1 aliphatic rings. The van der Waals surface area contributed by atoms with Crippen molar-refractivity contribution in [1.82, 2.24) is 20.0 Å². The van der Waals surface area contributed by atoms with E-state index in [9.17, 15) is 29.7 Å². The van der Waals surface area contributed by atoms with E-state index in [1.54, 1.807) is 14.7 Å². The summed E-state index contributed by atoms with van der Waals surface area (Å²) in [7, 11) is 0. The summed E-state index contributed by atoms with van der Waals surface area (Å²) < 4.78 is 0. The second-order valence-electron chi connectivity index (χ2n) is 6.93. The minimum Gasteiger partial charge on any atom is -0.480 e. The standard InChI is InChI=1S/C17H32N4O7/c22-9-1-2-14-10-20(12-16(25)26)8-7-19(11-15(23)24)5-3-18-4-6-21(14)13-17(27)28/h14,18,22H,1-13H2,(H,23,24)(H,25,26)(H,27,28). The van der Waals surface area contributed by atoms with E-state index in [1.165, 1.54) is 0 Å². The number of aliphatic hydroxyl groups excluding tert-OH is 1. The van der Waals surface area contributed by atoms with Crippen LogP contribution >= 0.6 is 0 Å². The molecule has 0 aromatic heterocycles. The lowest BCUT2D eigenvalue weighted by Gasteiger charge is -2.36. The molecule has 1 atom stereocenters. The normalized spacial score (nSPS) is 21.5. The first-order chi connectivity index (χ1) is 13.3.